The van der Waals surface area contributed by atoms with Crippen LogP contribution in [0, 0.1) is 10.1 Å². The van der Waals surface area contributed by atoms with E-state index in [2.05, 4.69) is 14.8 Å². The second kappa shape index (κ2) is 5.37. The number of benzene rings is 1. The predicted molar refractivity (Wildman–Crippen MR) is 78.1 cm³/mol. The number of nitrogens with zero attached hydrogens (tertiary/aromatic N) is 4. The van der Waals surface area contributed by atoms with Crippen LogP contribution in [-0.2, 0) is 4.74 Å². The van der Waals surface area contributed by atoms with Crippen LogP contribution in [0.3, 0.4) is 0 Å². The SMILES string of the molecule is COC(=O)c1cc(O)n2nc(-c3ccc([N+](=O)[O-])cc3)cc2n1. The molecule has 0 saturated carbocycles. The summed E-state index contributed by atoms with van der Waals surface area (Å²) in [4.78, 5) is 25.7. The lowest BCUT2D eigenvalue weighted by Gasteiger charge is -2.01. The highest BCUT2D eigenvalue weighted by atomic mass is 16.6. The van der Waals surface area contributed by atoms with Crippen LogP contribution in [-0.4, -0.2) is 37.7 Å². The van der Waals surface area contributed by atoms with Gasteiger partial charge in [0, 0.05) is 29.8 Å². The highest BCUT2D eigenvalue weighted by Crippen LogP contribution is 2.24. The van der Waals surface area contributed by atoms with Crippen LogP contribution in [0.15, 0.2) is 36.4 Å². The number of non-ortho nitro benzene ring substituents is 1. The summed E-state index contributed by atoms with van der Waals surface area (Å²) in [6, 6.07) is 8.48. The largest absolute Gasteiger partial charge is 0.493 e. The van der Waals surface area contributed by atoms with Crippen molar-refractivity contribution in [3.8, 4) is 17.1 Å². The number of methoxy groups -OCH3 is 1. The molecule has 0 saturated heterocycles. The first kappa shape index (κ1) is 14.4. The van der Waals surface area contributed by atoms with Gasteiger partial charge in [-0.05, 0) is 12.1 Å². The van der Waals surface area contributed by atoms with Crippen molar-refractivity contribution in [3.63, 3.8) is 0 Å². The maximum Gasteiger partial charge on any atom is 0.356 e. The summed E-state index contributed by atoms with van der Waals surface area (Å²) >= 11 is 0. The van der Waals surface area contributed by atoms with Crippen LogP contribution in [0.4, 0.5) is 5.69 Å². The zero-order valence-electron chi connectivity index (χ0n) is 11.8. The lowest BCUT2D eigenvalue weighted by atomic mass is 10.1. The number of aromatic hydroxyl groups is 1. The Morgan fingerprint density at radius 2 is 2.00 bits per heavy atom. The van der Waals surface area contributed by atoms with Crippen molar-refractivity contribution in [2.24, 2.45) is 0 Å². The Balaban J connectivity index is 2.07. The zero-order chi connectivity index (χ0) is 16.6. The van der Waals surface area contributed by atoms with Crippen LogP contribution >= 0.6 is 0 Å². The van der Waals surface area contributed by atoms with Crippen LogP contribution in [0.2, 0.25) is 0 Å². The van der Waals surface area contributed by atoms with E-state index >= 15 is 0 Å². The lowest BCUT2D eigenvalue weighted by molar-refractivity contribution is -0.384. The van der Waals surface area contributed by atoms with E-state index in [0.29, 0.717) is 11.3 Å². The van der Waals surface area contributed by atoms with Gasteiger partial charge in [-0.2, -0.15) is 9.61 Å². The second-order valence-corrected chi connectivity index (χ2v) is 4.59. The minimum Gasteiger partial charge on any atom is -0.493 e. The average molecular weight is 314 g/mol. The average Bonchev–Trinajstić information content (AvgIpc) is 2.98. The standard InChI is InChI=1S/C14H10N4O5/c1-23-14(20)11-7-13(19)17-12(15-11)6-10(16-17)8-2-4-9(5-3-8)18(21)22/h2-7,19H,1H3. The fraction of sp³-hybridized carbons (Fsp3) is 0.0714. The third-order valence-corrected chi connectivity index (χ3v) is 3.18. The van der Waals surface area contributed by atoms with E-state index in [0.717, 1.165) is 10.6 Å². The number of ether oxygens (including phenoxy) is 1. The molecule has 0 fully saturated rings. The first-order valence-corrected chi connectivity index (χ1v) is 6.42. The molecule has 1 aromatic carbocycles. The minimum absolute atomic E-state index is 0.0357. The first-order chi connectivity index (χ1) is 11.0. The van der Waals surface area contributed by atoms with Gasteiger partial charge in [-0.1, -0.05) is 0 Å². The number of nitro benzene ring substituents is 1. The molecule has 0 spiro atoms. The van der Waals surface area contributed by atoms with Gasteiger partial charge in [0.05, 0.1) is 17.7 Å². The molecule has 0 unspecified atom stereocenters. The lowest BCUT2D eigenvalue weighted by Crippen LogP contribution is -2.06. The van der Waals surface area contributed by atoms with Crippen molar-refractivity contribution in [2.75, 3.05) is 7.11 Å². The van der Waals surface area contributed by atoms with Gasteiger partial charge in [0.1, 0.15) is 0 Å². The van der Waals surface area contributed by atoms with Crippen molar-refractivity contribution in [2.45, 2.75) is 0 Å². The van der Waals surface area contributed by atoms with Gasteiger partial charge in [-0.3, -0.25) is 10.1 Å². The zero-order valence-corrected chi connectivity index (χ0v) is 11.8. The van der Waals surface area contributed by atoms with E-state index in [1.165, 1.54) is 31.4 Å². The molecule has 23 heavy (non-hydrogen) atoms. The number of aromatic nitrogens is 3. The molecule has 3 aromatic rings. The molecule has 0 radical (unpaired) electrons. The van der Waals surface area contributed by atoms with Gasteiger partial charge in [-0.25, -0.2) is 9.78 Å². The van der Waals surface area contributed by atoms with E-state index in [-0.39, 0.29) is 22.9 Å². The Bertz CT molecular complexity index is 917. The molecule has 9 heteroatoms. The molecular weight excluding hydrogens is 304 g/mol. The number of hydrogen-bond acceptors (Lipinski definition) is 7. The van der Waals surface area contributed by atoms with Crippen molar-refractivity contribution < 1.29 is 19.6 Å². The molecule has 2 heterocycles. The normalized spacial score (nSPS) is 10.7. The Labute approximate surface area is 128 Å². The Hall–Kier alpha value is -3.49. The molecule has 116 valence electrons. The smallest absolute Gasteiger partial charge is 0.356 e. The second-order valence-electron chi connectivity index (χ2n) is 4.59. The van der Waals surface area contributed by atoms with Crippen LogP contribution in [0.5, 0.6) is 5.88 Å². The van der Waals surface area contributed by atoms with Gasteiger partial charge in [-0.15, -0.1) is 0 Å². The number of carbonyl (C=O) groups excluding carboxylic acids is 1. The highest BCUT2D eigenvalue weighted by Gasteiger charge is 2.15. The molecule has 0 atom stereocenters. The Morgan fingerprint density at radius 3 is 2.61 bits per heavy atom. The summed E-state index contributed by atoms with van der Waals surface area (Å²) in [7, 11) is 1.21. The molecule has 0 aliphatic rings. The fourth-order valence-electron chi connectivity index (χ4n) is 2.06. The topological polar surface area (TPSA) is 120 Å². The molecular formula is C14H10N4O5. The summed E-state index contributed by atoms with van der Waals surface area (Å²) in [6.45, 7) is 0. The van der Waals surface area contributed by atoms with Gasteiger partial charge in [0.2, 0.25) is 5.88 Å². The van der Waals surface area contributed by atoms with E-state index in [1.54, 1.807) is 6.07 Å². The number of rotatable bonds is 3. The van der Waals surface area contributed by atoms with Crippen LogP contribution in [0.1, 0.15) is 10.5 Å². The van der Waals surface area contributed by atoms with Gasteiger partial charge >= 0.3 is 5.97 Å². The third kappa shape index (κ3) is 2.55. The first-order valence-electron chi connectivity index (χ1n) is 6.42. The molecule has 0 aliphatic carbocycles. The number of carbonyl (C=O) groups is 1. The highest BCUT2D eigenvalue weighted by molar-refractivity contribution is 5.88. The third-order valence-electron chi connectivity index (χ3n) is 3.18. The van der Waals surface area contributed by atoms with Crippen LogP contribution in [0.25, 0.3) is 16.9 Å². The monoisotopic (exact) mass is 314 g/mol. The van der Waals surface area contributed by atoms with Gasteiger partial charge in [0.15, 0.2) is 11.3 Å². The van der Waals surface area contributed by atoms with Crippen molar-refractivity contribution in [3.05, 3.63) is 52.2 Å². The predicted octanol–water partition coefficient (Wildman–Crippen LogP) is 1.80. The summed E-state index contributed by atoms with van der Waals surface area (Å²) < 4.78 is 5.72. The van der Waals surface area contributed by atoms with Gasteiger partial charge in [0.25, 0.3) is 5.69 Å². The van der Waals surface area contributed by atoms with E-state index in [9.17, 15) is 20.0 Å². The molecule has 0 amide bonds. The molecule has 0 bridgehead atoms. The molecule has 9 nitrogen and oxygen atoms in total. The summed E-state index contributed by atoms with van der Waals surface area (Å²) in [5.41, 5.74) is 1.22. The Kier molecular flexibility index (Phi) is 3.37. The van der Waals surface area contributed by atoms with E-state index in [1.807, 2.05) is 0 Å². The number of hydrogen-bond donors (Lipinski definition) is 1. The van der Waals surface area contributed by atoms with Crippen molar-refractivity contribution in [1.82, 2.24) is 14.6 Å². The van der Waals surface area contributed by atoms with E-state index < -0.39 is 10.9 Å². The summed E-state index contributed by atoms with van der Waals surface area (Å²) in [6.07, 6.45) is 0. The fourth-order valence-corrected chi connectivity index (χ4v) is 2.06. The van der Waals surface area contributed by atoms with Gasteiger partial charge < -0.3 is 9.84 Å². The maximum atomic E-state index is 11.5. The van der Waals surface area contributed by atoms with Crippen molar-refractivity contribution >= 4 is 17.3 Å². The molecule has 0 aliphatic heterocycles. The summed E-state index contributed by atoms with van der Waals surface area (Å²) in [5.74, 6) is -0.954. The number of esters is 1. The Morgan fingerprint density at radius 1 is 1.30 bits per heavy atom. The quantitative estimate of drug-likeness (QED) is 0.444. The number of fused-ring (bicyclic) bond motifs is 1. The van der Waals surface area contributed by atoms with Crippen molar-refractivity contribution in [1.29, 1.82) is 0 Å². The summed E-state index contributed by atoms with van der Waals surface area (Å²) in [5, 5.41) is 24.8. The van der Waals surface area contributed by atoms with E-state index in [4.69, 9.17) is 0 Å². The minimum atomic E-state index is -0.680. The molecule has 2 aromatic heterocycles. The number of nitro groups is 1. The maximum absolute atomic E-state index is 11.5. The molecule has 3 rings (SSSR count). The van der Waals surface area contributed by atoms with Crippen LogP contribution < -0.4 is 0 Å². The molecule has 1 N–H and O–H groups in total.